The van der Waals surface area contributed by atoms with Gasteiger partial charge in [-0.1, -0.05) is 35.6 Å². The fourth-order valence-corrected chi connectivity index (χ4v) is 6.36. The molecule has 2 N–H and O–H groups in total. The molecule has 0 aliphatic carbocycles. The summed E-state index contributed by atoms with van der Waals surface area (Å²) >= 11 is 2.75. The van der Waals surface area contributed by atoms with Crippen molar-refractivity contribution in [1.82, 2.24) is 9.97 Å². The maximum absolute atomic E-state index is 13.3. The summed E-state index contributed by atoms with van der Waals surface area (Å²) < 4.78 is 11.3. The Labute approximate surface area is 231 Å². The molecular weight excluding hydrogens is 536 g/mol. The first kappa shape index (κ1) is 24.8. The summed E-state index contributed by atoms with van der Waals surface area (Å²) in [7, 11) is 1.58. The molecular formula is C28H22N4O5S2. The molecule has 0 saturated heterocycles. The van der Waals surface area contributed by atoms with Gasteiger partial charge in [0, 0.05) is 17.8 Å². The molecule has 0 fully saturated rings. The number of amides is 2. The number of hydrogen-bond donors (Lipinski definition) is 2. The quantitative estimate of drug-likeness (QED) is 0.220. The van der Waals surface area contributed by atoms with Crippen LogP contribution in [0.15, 0.2) is 66.7 Å². The SMILES string of the molecule is COc1ccc(-c2sc(-c3ccc4c(c3)N(C(=O)Nc3nc5ccccc5s3)CCC4)nc2OC(=O)O)cc1. The predicted molar refractivity (Wildman–Crippen MR) is 152 cm³/mol. The molecule has 3 aromatic carbocycles. The van der Waals surface area contributed by atoms with Crippen LogP contribution in [0.25, 0.3) is 31.2 Å². The number of carboxylic acid groups (broad SMARTS) is 1. The summed E-state index contributed by atoms with van der Waals surface area (Å²) in [5, 5.41) is 13.4. The average molecular weight is 559 g/mol. The molecule has 9 nitrogen and oxygen atoms in total. The standard InChI is InChI=1S/C28H22N4O5S2/c1-36-19-12-10-17(11-13-19)23-24(37-28(34)35)30-25(39-23)18-9-8-16-5-4-14-32(21(16)15-18)27(33)31-26-29-20-6-2-3-7-22(20)38-26/h2-3,6-13,15H,4-5,14H2,1H3,(H,34,35)(H,29,31,33). The number of methoxy groups -OCH3 is 1. The van der Waals surface area contributed by atoms with E-state index in [0.717, 1.165) is 45.4 Å². The van der Waals surface area contributed by atoms with Gasteiger partial charge in [0.1, 0.15) is 10.8 Å². The highest BCUT2D eigenvalue weighted by Crippen LogP contribution is 2.42. The lowest BCUT2D eigenvalue weighted by molar-refractivity contribution is 0.143. The lowest BCUT2D eigenvalue weighted by atomic mass is 10.00. The lowest BCUT2D eigenvalue weighted by Gasteiger charge is -2.29. The van der Waals surface area contributed by atoms with E-state index in [-0.39, 0.29) is 11.9 Å². The number of hydrogen-bond acceptors (Lipinski definition) is 8. The van der Waals surface area contributed by atoms with E-state index in [0.29, 0.717) is 27.3 Å². The Bertz CT molecular complexity index is 1660. The Morgan fingerprint density at radius 1 is 1.00 bits per heavy atom. The van der Waals surface area contributed by atoms with Crippen molar-refractivity contribution in [3.8, 4) is 32.6 Å². The van der Waals surface area contributed by atoms with Crippen LogP contribution < -0.4 is 19.7 Å². The van der Waals surface area contributed by atoms with Crippen molar-refractivity contribution >= 4 is 55.9 Å². The lowest BCUT2D eigenvalue weighted by Crippen LogP contribution is -2.38. The monoisotopic (exact) mass is 558 g/mol. The maximum Gasteiger partial charge on any atom is 0.512 e. The van der Waals surface area contributed by atoms with Gasteiger partial charge in [-0.05, 0) is 66.4 Å². The number of carbonyl (C=O) groups is 2. The number of fused-ring (bicyclic) bond motifs is 2. The fourth-order valence-electron chi connectivity index (χ4n) is 4.51. The molecule has 196 valence electrons. The molecule has 6 rings (SSSR count). The number of benzene rings is 3. The van der Waals surface area contributed by atoms with Crippen molar-refractivity contribution < 1.29 is 24.2 Å². The van der Waals surface area contributed by atoms with Crippen LogP contribution in [0, 0.1) is 0 Å². The minimum Gasteiger partial charge on any atom is -0.497 e. The van der Waals surface area contributed by atoms with E-state index in [9.17, 15) is 14.7 Å². The summed E-state index contributed by atoms with van der Waals surface area (Å²) in [5.41, 5.74) is 4.20. The largest absolute Gasteiger partial charge is 0.512 e. The second kappa shape index (κ2) is 10.4. The van der Waals surface area contributed by atoms with Crippen molar-refractivity contribution in [2.45, 2.75) is 12.8 Å². The number of anilines is 2. The molecule has 5 aromatic rings. The van der Waals surface area contributed by atoms with Gasteiger partial charge >= 0.3 is 12.2 Å². The minimum atomic E-state index is -1.44. The van der Waals surface area contributed by atoms with Gasteiger partial charge in [-0.2, -0.15) is 0 Å². The van der Waals surface area contributed by atoms with Crippen LogP contribution in [-0.2, 0) is 6.42 Å². The van der Waals surface area contributed by atoms with Gasteiger partial charge in [0.05, 0.1) is 22.2 Å². The van der Waals surface area contributed by atoms with Gasteiger partial charge in [0.25, 0.3) is 0 Å². The van der Waals surface area contributed by atoms with E-state index < -0.39 is 6.16 Å². The zero-order valence-electron chi connectivity index (χ0n) is 20.7. The van der Waals surface area contributed by atoms with Crippen molar-refractivity contribution in [3.05, 3.63) is 72.3 Å². The van der Waals surface area contributed by atoms with E-state index in [1.165, 1.54) is 22.7 Å². The highest BCUT2D eigenvalue weighted by molar-refractivity contribution is 7.22. The molecule has 0 bridgehead atoms. The van der Waals surface area contributed by atoms with Gasteiger partial charge in [0.2, 0.25) is 5.88 Å². The van der Waals surface area contributed by atoms with Gasteiger partial charge < -0.3 is 14.6 Å². The van der Waals surface area contributed by atoms with Gasteiger partial charge in [-0.3, -0.25) is 10.2 Å². The minimum absolute atomic E-state index is 0.0100. The molecule has 1 aliphatic heterocycles. The number of nitrogens with one attached hydrogen (secondary N) is 1. The highest BCUT2D eigenvalue weighted by Gasteiger charge is 2.25. The zero-order chi connectivity index (χ0) is 26.9. The van der Waals surface area contributed by atoms with E-state index in [1.807, 2.05) is 54.6 Å². The Morgan fingerprint density at radius 2 is 1.79 bits per heavy atom. The highest BCUT2D eigenvalue weighted by atomic mass is 32.1. The summed E-state index contributed by atoms with van der Waals surface area (Å²) in [5.74, 6) is 0.693. The first-order valence-electron chi connectivity index (χ1n) is 12.1. The van der Waals surface area contributed by atoms with Crippen LogP contribution in [0.5, 0.6) is 11.6 Å². The van der Waals surface area contributed by atoms with Gasteiger partial charge in [0.15, 0.2) is 5.13 Å². The second-order valence-corrected chi connectivity index (χ2v) is 10.8. The molecule has 0 radical (unpaired) electrons. The predicted octanol–water partition coefficient (Wildman–Crippen LogP) is 7.14. The van der Waals surface area contributed by atoms with Crippen LogP contribution in [0.1, 0.15) is 12.0 Å². The number of aryl methyl sites for hydroxylation is 1. The molecule has 3 heterocycles. The normalized spacial score (nSPS) is 12.7. The van der Waals surface area contributed by atoms with Crippen molar-refractivity contribution in [1.29, 1.82) is 0 Å². The van der Waals surface area contributed by atoms with Crippen molar-refractivity contribution in [2.75, 3.05) is 23.9 Å². The van der Waals surface area contributed by atoms with E-state index >= 15 is 0 Å². The van der Waals surface area contributed by atoms with Crippen LogP contribution in [0.2, 0.25) is 0 Å². The molecule has 0 unspecified atom stereocenters. The number of urea groups is 1. The molecule has 2 aromatic heterocycles. The number of nitrogens with zero attached hydrogens (tertiary/aromatic N) is 3. The summed E-state index contributed by atoms with van der Waals surface area (Å²) in [6.45, 7) is 0.565. The van der Waals surface area contributed by atoms with Crippen molar-refractivity contribution in [2.24, 2.45) is 0 Å². The summed E-state index contributed by atoms with van der Waals surface area (Å²) in [6.07, 6.45) is 0.252. The van der Waals surface area contributed by atoms with Crippen LogP contribution in [-0.4, -0.2) is 40.9 Å². The molecule has 1 aliphatic rings. The number of ether oxygens (including phenoxy) is 2. The molecule has 0 spiro atoms. The Hall–Kier alpha value is -4.48. The number of para-hydroxylation sites is 1. The van der Waals surface area contributed by atoms with Crippen LogP contribution in [0.3, 0.4) is 0 Å². The maximum atomic E-state index is 13.3. The zero-order valence-corrected chi connectivity index (χ0v) is 22.3. The van der Waals surface area contributed by atoms with Crippen molar-refractivity contribution in [3.63, 3.8) is 0 Å². The van der Waals surface area contributed by atoms with Crippen LogP contribution in [0.4, 0.5) is 20.4 Å². The summed E-state index contributed by atoms with van der Waals surface area (Å²) in [4.78, 5) is 36.1. The van der Waals surface area contributed by atoms with Gasteiger partial charge in [-0.25, -0.2) is 19.6 Å². The third kappa shape index (κ3) is 5.01. The number of thiazole rings is 2. The molecule has 2 amide bonds. The first-order valence-corrected chi connectivity index (χ1v) is 13.8. The van der Waals surface area contributed by atoms with E-state index in [1.54, 1.807) is 24.1 Å². The number of carbonyl (C=O) groups excluding carboxylic acids is 1. The number of rotatable bonds is 5. The molecule has 39 heavy (non-hydrogen) atoms. The van der Waals surface area contributed by atoms with Crippen LogP contribution >= 0.6 is 22.7 Å². The smallest absolute Gasteiger partial charge is 0.497 e. The Kier molecular flexibility index (Phi) is 6.59. The molecule has 0 saturated carbocycles. The Morgan fingerprint density at radius 3 is 2.56 bits per heavy atom. The van der Waals surface area contributed by atoms with E-state index in [4.69, 9.17) is 9.47 Å². The third-order valence-electron chi connectivity index (χ3n) is 6.34. The molecule has 0 atom stereocenters. The topological polar surface area (TPSA) is 114 Å². The number of aromatic nitrogens is 2. The second-order valence-electron chi connectivity index (χ2n) is 8.77. The average Bonchev–Trinajstić information content (AvgIpc) is 3.55. The summed E-state index contributed by atoms with van der Waals surface area (Å²) in [6, 6.07) is 20.6. The Balaban J connectivity index is 1.32. The fraction of sp³-hybridized carbons (Fsp3) is 0.143. The third-order valence-corrected chi connectivity index (χ3v) is 8.42. The molecule has 11 heteroatoms. The van der Waals surface area contributed by atoms with E-state index in [2.05, 4.69) is 15.3 Å². The first-order chi connectivity index (χ1) is 19.0. The van der Waals surface area contributed by atoms with Gasteiger partial charge in [-0.15, -0.1) is 11.3 Å².